The number of carbonyl (C=O) groups excluding carboxylic acids is 3. The Labute approximate surface area is 158 Å². The zero-order chi connectivity index (χ0) is 19.4. The topological polar surface area (TPSA) is 82.9 Å². The first-order valence-electron chi connectivity index (χ1n) is 9.25. The van der Waals surface area contributed by atoms with Gasteiger partial charge in [0.05, 0.1) is 6.04 Å². The quantitative estimate of drug-likeness (QED) is 0.872. The summed E-state index contributed by atoms with van der Waals surface area (Å²) in [5, 5.41) is 3.88. The van der Waals surface area contributed by atoms with Crippen LogP contribution >= 0.6 is 0 Å². The molecular weight excluding hydrogens is 346 g/mol. The minimum atomic E-state index is -0.265. The third-order valence-corrected chi connectivity index (χ3v) is 4.89. The van der Waals surface area contributed by atoms with Crippen molar-refractivity contribution < 1.29 is 18.8 Å². The Morgan fingerprint density at radius 3 is 2.41 bits per heavy atom. The molecule has 7 nitrogen and oxygen atoms in total. The van der Waals surface area contributed by atoms with Crippen molar-refractivity contribution in [3.05, 3.63) is 36.1 Å². The monoisotopic (exact) mass is 371 g/mol. The van der Waals surface area contributed by atoms with Gasteiger partial charge in [0.1, 0.15) is 11.3 Å². The summed E-state index contributed by atoms with van der Waals surface area (Å²) in [5.74, 6) is 0.487. The molecule has 1 fully saturated rings. The zero-order valence-electron chi connectivity index (χ0n) is 15.7. The van der Waals surface area contributed by atoms with Crippen LogP contribution in [-0.4, -0.2) is 53.7 Å². The highest BCUT2D eigenvalue weighted by Gasteiger charge is 2.23. The normalized spacial score (nSPS) is 15.6. The van der Waals surface area contributed by atoms with E-state index in [0.29, 0.717) is 31.9 Å². The first-order valence-corrected chi connectivity index (χ1v) is 9.25. The maximum atomic E-state index is 12.3. The lowest BCUT2D eigenvalue weighted by Gasteiger charge is -2.34. The highest BCUT2D eigenvalue weighted by atomic mass is 16.3. The van der Waals surface area contributed by atoms with E-state index in [-0.39, 0.29) is 36.6 Å². The van der Waals surface area contributed by atoms with Gasteiger partial charge in [0.25, 0.3) is 0 Å². The van der Waals surface area contributed by atoms with Crippen LogP contribution in [0, 0.1) is 0 Å². The minimum absolute atomic E-state index is 0.0288. The number of hydrogen-bond acceptors (Lipinski definition) is 4. The van der Waals surface area contributed by atoms with Gasteiger partial charge in [0, 0.05) is 51.3 Å². The van der Waals surface area contributed by atoms with Gasteiger partial charge in [-0.3, -0.25) is 14.4 Å². The predicted molar refractivity (Wildman–Crippen MR) is 101 cm³/mol. The molecule has 27 heavy (non-hydrogen) atoms. The van der Waals surface area contributed by atoms with Crippen molar-refractivity contribution >= 4 is 28.7 Å². The van der Waals surface area contributed by atoms with Crippen molar-refractivity contribution in [1.82, 2.24) is 15.1 Å². The maximum Gasteiger partial charge on any atom is 0.223 e. The summed E-state index contributed by atoms with van der Waals surface area (Å²) in [6.45, 7) is 5.54. The molecule has 0 saturated carbocycles. The molecule has 1 aromatic heterocycles. The van der Waals surface area contributed by atoms with Gasteiger partial charge in [-0.25, -0.2) is 0 Å². The maximum absolute atomic E-state index is 12.3. The number of piperazine rings is 1. The van der Waals surface area contributed by atoms with Crippen LogP contribution in [0.1, 0.15) is 38.5 Å². The van der Waals surface area contributed by atoms with Gasteiger partial charge in [0.2, 0.25) is 17.7 Å². The lowest BCUT2D eigenvalue weighted by molar-refractivity contribution is -0.139. The lowest BCUT2D eigenvalue weighted by Crippen LogP contribution is -2.50. The van der Waals surface area contributed by atoms with E-state index in [1.165, 1.54) is 6.92 Å². The molecule has 1 N–H and O–H groups in total. The highest BCUT2D eigenvalue weighted by Crippen LogP contribution is 2.23. The summed E-state index contributed by atoms with van der Waals surface area (Å²) in [6.07, 6.45) is 0.301. The van der Waals surface area contributed by atoms with E-state index < -0.39 is 0 Å². The summed E-state index contributed by atoms with van der Waals surface area (Å²) in [5.41, 5.74) is 0.786. The molecule has 1 aliphatic heterocycles. The van der Waals surface area contributed by atoms with Crippen LogP contribution in [0.4, 0.5) is 0 Å². The molecule has 144 valence electrons. The Bertz CT molecular complexity index is 804. The van der Waals surface area contributed by atoms with Crippen molar-refractivity contribution in [3.63, 3.8) is 0 Å². The summed E-state index contributed by atoms with van der Waals surface area (Å²) >= 11 is 0. The summed E-state index contributed by atoms with van der Waals surface area (Å²) in [6, 6.07) is 9.34. The number of para-hydroxylation sites is 1. The second kappa shape index (κ2) is 8.24. The number of fused-ring (bicyclic) bond motifs is 1. The van der Waals surface area contributed by atoms with Crippen LogP contribution in [0.3, 0.4) is 0 Å². The van der Waals surface area contributed by atoms with Gasteiger partial charge in [0.15, 0.2) is 0 Å². The van der Waals surface area contributed by atoms with Gasteiger partial charge in [-0.15, -0.1) is 0 Å². The summed E-state index contributed by atoms with van der Waals surface area (Å²) in [4.78, 5) is 39.2. The number of nitrogens with zero attached hydrogens (tertiary/aromatic N) is 2. The minimum Gasteiger partial charge on any atom is -0.459 e. The average Bonchev–Trinajstić information content (AvgIpc) is 3.10. The smallest absolute Gasteiger partial charge is 0.223 e. The Morgan fingerprint density at radius 2 is 1.74 bits per heavy atom. The van der Waals surface area contributed by atoms with E-state index >= 15 is 0 Å². The number of nitrogens with one attached hydrogen (secondary N) is 1. The van der Waals surface area contributed by atoms with Crippen LogP contribution in [0.15, 0.2) is 34.7 Å². The zero-order valence-corrected chi connectivity index (χ0v) is 15.7. The first-order chi connectivity index (χ1) is 12.9. The molecule has 0 radical (unpaired) electrons. The Kier molecular flexibility index (Phi) is 5.78. The van der Waals surface area contributed by atoms with E-state index in [1.54, 1.807) is 9.80 Å². The van der Waals surface area contributed by atoms with Gasteiger partial charge in [-0.2, -0.15) is 0 Å². The van der Waals surface area contributed by atoms with E-state index in [0.717, 1.165) is 11.0 Å². The fraction of sp³-hybridized carbons (Fsp3) is 0.450. The molecule has 1 saturated heterocycles. The summed E-state index contributed by atoms with van der Waals surface area (Å²) in [7, 11) is 0. The summed E-state index contributed by atoms with van der Waals surface area (Å²) < 4.78 is 5.76. The van der Waals surface area contributed by atoms with Gasteiger partial charge in [-0.05, 0) is 19.1 Å². The number of rotatable bonds is 5. The SMILES string of the molecule is CC(=O)N1CCN(C(=O)CCC(=O)N[C@@H](C)c2cc3ccccc3o2)CC1. The molecule has 1 aromatic carbocycles. The number of furan rings is 1. The van der Waals surface area contributed by atoms with E-state index in [9.17, 15) is 14.4 Å². The molecular formula is C20H25N3O4. The van der Waals surface area contributed by atoms with Crippen molar-refractivity contribution in [2.45, 2.75) is 32.7 Å². The third kappa shape index (κ3) is 4.67. The molecule has 2 aromatic rings. The third-order valence-electron chi connectivity index (χ3n) is 4.89. The van der Waals surface area contributed by atoms with Crippen molar-refractivity contribution in [2.75, 3.05) is 26.2 Å². The molecule has 0 unspecified atom stereocenters. The molecule has 0 spiro atoms. The number of amides is 3. The van der Waals surface area contributed by atoms with Gasteiger partial charge >= 0.3 is 0 Å². The Balaban J connectivity index is 1.45. The molecule has 3 rings (SSSR count). The fourth-order valence-electron chi connectivity index (χ4n) is 3.25. The number of carbonyl (C=O) groups is 3. The fourth-order valence-corrected chi connectivity index (χ4v) is 3.25. The largest absolute Gasteiger partial charge is 0.459 e. The lowest BCUT2D eigenvalue weighted by atomic mass is 10.2. The molecule has 1 aliphatic rings. The van der Waals surface area contributed by atoms with Crippen LogP contribution in [0.5, 0.6) is 0 Å². The number of hydrogen-bond donors (Lipinski definition) is 1. The molecule has 3 amide bonds. The van der Waals surface area contributed by atoms with Crippen molar-refractivity contribution in [3.8, 4) is 0 Å². The highest BCUT2D eigenvalue weighted by molar-refractivity contribution is 5.84. The van der Waals surface area contributed by atoms with Crippen LogP contribution in [0.2, 0.25) is 0 Å². The molecule has 0 aliphatic carbocycles. The number of benzene rings is 1. The van der Waals surface area contributed by atoms with Crippen molar-refractivity contribution in [2.24, 2.45) is 0 Å². The molecule has 7 heteroatoms. The first kappa shape index (κ1) is 18.9. The second-order valence-corrected chi connectivity index (χ2v) is 6.86. The molecule has 1 atom stereocenters. The molecule has 0 bridgehead atoms. The average molecular weight is 371 g/mol. The predicted octanol–water partition coefficient (Wildman–Crippen LogP) is 2.08. The van der Waals surface area contributed by atoms with E-state index in [4.69, 9.17) is 4.42 Å². The van der Waals surface area contributed by atoms with Crippen LogP contribution < -0.4 is 5.32 Å². The van der Waals surface area contributed by atoms with E-state index in [1.807, 2.05) is 37.3 Å². The standard InChI is InChI=1S/C20H25N3O4/c1-14(18-13-16-5-3-4-6-17(16)27-18)21-19(25)7-8-20(26)23-11-9-22(10-12-23)15(2)24/h3-6,13-14H,7-12H2,1-2H3,(H,21,25)/t14-/m0/s1. The van der Waals surface area contributed by atoms with Crippen LogP contribution in [-0.2, 0) is 14.4 Å². The van der Waals surface area contributed by atoms with Gasteiger partial charge in [-0.1, -0.05) is 18.2 Å². The Hall–Kier alpha value is -2.83. The second-order valence-electron chi connectivity index (χ2n) is 6.86. The molecule has 2 heterocycles. The van der Waals surface area contributed by atoms with Crippen molar-refractivity contribution in [1.29, 1.82) is 0 Å². The Morgan fingerprint density at radius 1 is 1.07 bits per heavy atom. The van der Waals surface area contributed by atoms with E-state index in [2.05, 4.69) is 5.32 Å². The van der Waals surface area contributed by atoms with Crippen LogP contribution in [0.25, 0.3) is 11.0 Å². The van der Waals surface area contributed by atoms with Gasteiger partial charge < -0.3 is 19.5 Å².